The summed E-state index contributed by atoms with van der Waals surface area (Å²) in [5.74, 6) is 0.253. The van der Waals surface area contributed by atoms with Crippen molar-refractivity contribution in [3.8, 4) is 5.75 Å². The number of carbonyl (C=O) groups excluding carboxylic acids is 1. The zero-order valence-corrected chi connectivity index (χ0v) is 15.7. The van der Waals surface area contributed by atoms with Crippen molar-refractivity contribution < 1.29 is 9.53 Å². The predicted octanol–water partition coefficient (Wildman–Crippen LogP) is 4.37. The third-order valence-electron chi connectivity index (χ3n) is 3.49. The van der Waals surface area contributed by atoms with Crippen molar-refractivity contribution in [1.29, 1.82) is 0 Å². The molecule has 1 heterocycles. The van der Waals surface area contributed by atoms with Crippen LogP contribution in [0.5, 0.6) is 5.75 Å². The second kappa shape index (κ2) is 8.35. The minimum atomic E-state index is -0.258. The Morgan fingerprint density at radius 2 is 2.17 bits per heavy atom. The van der Waals surface area contributed by atoms with Crippen LogP contribution in [0, 0.1) is 6.92 Å². The van der Waals surface area contributed by atoms with E-state index in [2.05, 4.69) is 15.3 Å². The van der Waals surface area contributed by atoms with Gasteiger partial charge in [-0.2, -0.15) is 0 Å². The summed E-state index contributed by atoms with van der Waals surface area (Å²) in [6.07, 6.45) is 5.10. The van der Waals surface area contributed by atoms with Gasteiger partial charge in [-0.25, -0.2) is 9.97 Å². The van der Waals surface area contributed by atoms with E-state index < -0.39 is 0 Å². The SMILES string of the molecule is CCCc1nc(SC)ncc1C(=O)Nc1cc(C)c(Cl)cc1OC. The molecule has 0 bridgehead atoms. The van der Waals surface area contributed by atoms with Crippen molar-refractivity contribution in [3.05, 3.63) is 40.2 Å². The smallest absolute Gasteiger partial charge is 0.259 e. The van der Waals surface area contributed by atoms with E-state index in [9.17, 15) is 4.79 Å². The fraction of sp³-hybridized carbons (Fsp3) is 0.353. The van der Waals surface area contributed by atoms with Crippen molar-refractivity contribution in [3.63, 3.8) is 0 Å². The van der Waals surface area contributed by atoms with E-state index in [0.717, 1.165) is 24.1 Å². The third kappa shape index (κ3) is 4.19. The van der Waals surface area contributed by atoms with Crippen molar-refractivity contribution in [1.82, 2.24) is 9.97 Å². The number of methoxy groups -OCH3 is 1. The number of rotatable bonds is 6. The van der Waals surface area contributed by atoms with E-state index in [1.807, 2.05) is 20.1 Å². The monoisotopic (exact) mass is 365 g/mol. The van der Waals surface area contributed by atoms with Gasteiger partial charge in [-0.15, -0.1) is 0 Å². The second-order valence-electron chi connectivity index (χ2n) is 5.22. The molecule has 7 heteroatoms. The molecule has 0 saturated heterocycles. The largest absolute Gasteiger partial charge is 0.495 e. The fourth-order valence-electron chi connectivity index (χ4n) is 2.23. The quantitative estimate of drug-likeness (QED) is 0.608. The molecule has 0 saturated carbocycles. The summed E-state index contributed by atoms with van der Waals surface area (Å²) < 4.78 is 5.30. The Balaban J connectivity index is 2.35. The van der Waals surface area contributed by atoms with Crippen molar-refractivity contribution in [2.45, 2.75) is 31.8 Å². The van der Waals surface area contributed by atoms with Gasteiger partial charge in [0.25, 0.3) is 5.91 Å². The standard InChI is InChI=1S/C17H20ClN3O2S/c1-5-6-13-11(9-19-17(21-13)24-4)16(22)20-14-7-10(2)12(18)8-15(14)23-3/h7-9H,5-6H2,1-4H3,(H,20,22). The van der Waals surface area contributed by atoms with Crippen molar-refractivity contribution in [2.24, 2.45) is 0 Å². The van der Waals surface area contributed by atoms with Gasteiger partial charge in [0.1, 0.15) is 5.75 Å². The molecule has 0 aliphatic heterocycles. The number of aryl methyl sites for hydroxylation is 2. The minimum absolute atomic E-state index is 0.258. The van der Waals surface area contributed by atoms with Gasteiger partial charge < -0.3 is 10.1 Å². The molecular weight excluding hydrogens is 346 g/mol. The number of benzene rings is 1. The number of anilines is 1. The Morgan fingerprint density at radius 3 is 2.79 bits per heavy atom. The van der Waals surface area contributed by atoms with Crippen LogP contribution >= 0.6 is 23.4 Å². The number of hydrogen-bond donors (Lipinski definition) is 1. The van der Waals surface area contributed by atoms with Gasteiger partial charge in [0.2, 0.25) is 0 Å². The van der Waals surface area contributed by atoms with Crippen LogP contribution in [0.1, 0.15) is 35.0 Å². The van der Waals surface area contributed by atoms with Crippen LogP contribution in [-0.4, -0.2) is 29.2 Å². The molecule has 1 aromatic carbocycles. The van der Waals surface area contributed by atoms with Crippen LogP contribution in [0.2, 0.25) is 5.02 Å². The zero-order valence-electron chi connectivity index (χ0n) is 14.1. The molecule has 24 heavy (non-hydrogen) atoms. The van der Waals surface area contributed by atoms with Gasteiger partial charge in [0, 0.05) is 17.3 Å². The first-order valence-electron chi connectivity index (χ1n) is 7.55. The zero-order chi connectivity index (χ0) is 17.7. The maximum absolute atomic E-state index is 12.7. The molecular formula is C17H20ClN3O2S. The first-order valence-corrected chi connectivity index (χ1v) is 9.15. The van der Waals surface area contributed by atoms with Crippen molar-refractivity contribution in [2.75, 3.05) is 18.7 Å². The Hall–Kier alpha value is -1.79. The molecule has 0 aliphatic carbocycles. The fourth-order valence-corrected chi connectivity index (χ4v) is 2.75. The van der Waals surface area contributed by atoms with E-state index in [0.29, 0.717) is 27.2 Å². The highest BCUT2D eigenvalue weighted by atomic mass is 35.5. The van der Waals surface area contributed by atoms with E-state index in [-0.39, 0.29) is 5.91 Å². The number of hydrogen-bond acceptors (Lipinski definition) is 5. The molecule has 1 aromatic heterocycles. The lowest BCUT2D eigenvalue weighted by atomic mass is 10.1. The molecule has 2 rings (SSSR count). The first kappa shape index (κ1) is 18.5. The Kier molecular flexibility index (Phi) is 6.45. The summed E-state index contributed by atoms with van der Waals surface area (Å²) in [4.78, 5) is 21.4. The summed E-state index contributed by atoms with van der Waals surface area (Å²) in [7, 11) is 1.54. The van der Waals surface area contributed by atoms with E-state index in [4.69, 9.17) is 16.3 Å². The summed E-state index contributed by atoms with van der Waals surface area (Å²) in [5.41, 5.74) is 2.65. The van der Waals surface area contributed by atoms with E-state index in [1.54, 1.807) is 18.3 Å². The van der Waals surface area contributed by atoms with Crippen LogP contribution in [0.4, 0.5) is 5.69 Å². The number of carbonyl (C=O) groups is 1. The lowest BCUT2D eigenvalue weighted by molar-refractivity contribution is 0.102. The van der Waals surface area contributed by atoms with Gasteiger partial charge in [0.05, 0.1) is 24.1 Å². The predicted molar refractivity (Wildman–Crippen MR) is 98.5 cm³/mol. The molecule has 5 nitrogen and oxygen atoms in total. The summed E-state index contributed by atoms with van der Waals surface area (Å²) in [6.45, 7) is 3.92. The van der Waals surface area contributed by atoms with Gasteiger partial charge >= 0.3 is 0 Å². The highest BCUT2D eigenvalue weighted by Crippen LogP contribution is 2.31. The Morgan fingerprint density at radius 1 is 1.42 bits per heavy atom. The molecule has 0 atom stereocenters. The number of ether oxygens (including phenoxy) is 1. The molecule has 1 amide bonds. The highest BCUT2D eigenvalue weighted by molar-refractivity contribution is 7.98. The number of nitrogens with zero attached hydrogens (tertiary/aromatic N) is 2. The number of amides is 1. The maximum Gasteiger partial charge on any atom is 0.259 e. The van der Waals surface area contributed by atoms with Gasteiger partial charge in [-0.05, 0) is 31.2 Å². The topological polar surface area (TPSA) is 64.1 Å². The van der Waals surface area contributed by atoms with Crippen molar-refractivity contribution >= 4 is 35.0 Å². The van der Waals surface area contributed by atoms with Crippen LogP contribution < -0.4 is 10.1 Å². The average molecular weight is 366 g/mol. The number of nitrogens with one attached hydrogen (secondary N) is 1. The molecule has 0 spiro atoms. The maximum atomic E-state index is 12.7. The minimum Gasteiger partial charge on any atom is -0.495 e. The summed E-state index contributed by atoms with van der Waals surface area (Å²) in [5, 5.41) is 4.12. The van der Waals surface area contributed by atoms with E-state index in [1.165, 1.54) is 18.9 Å². The first-order chi connectivity index (χ1) is 11.5. The molecule has 2 aromatic rings. The number of halogens is 1. The van der Waals surface area contributed by atoms with E-state index >= 15 is 0 Å². The third-order valence-corrected chi connectivity index (χ3v) is 4.46. The van der Waals surface area contributed by atoms with Crippen LogP contribution in [0.3, 0.4) is 0 Å². The van der Waals surface area contributed by atoms with Crippen LogP contribution in [-0.2, 0) is 6.42 Å². The Bertz CT molecular complexity index is 753. The van der Waals surface area contributed by atoms with Gasteiger partial charge in [0.15, 0.2) is 5.16 Å². The summed E-state index contributed by atoms with van der Waals surface area (Å²) >= 11 is 7.56. The molecule has 1 N–H and O–H groups in total. The molecule has 0 radical (unpaired) electrons. The molecule has 128 valence electrons. The molecule has 0 aliphatic rings. The van der Waals surface area contributed by atoms with Crippen LogP contribution in [0.15, 0.2) is 23.5 Å². The number of aromatic nitrogens is 2. The number of thioether (sulfide) groups is 1. The lowest BCUT2D eigenvalue weighted by Gasteiger charge is -2.13. The lowest BCUT2D eigenvalue weighted by Crippen LogP contribution is -2.17. The van der Waals surface area contributed by atoms with Gasteiger partial charge in [-0.3, -0.25) is 4.79 Å². The highest BCUT2D eigenvalue weighted by Gasteiger charge is 2.17. The second-order valence-corrected chi connectivity index (χ2v) is 6.40. The van der Waals surface area contributed by atoms with Crippen LogP contribution in [0.25, 0.3) is 0 Å². The van der Waals surface area contributed by atoms with Gasteiger partial charge in [-0.1, -0.05) is 36.7 Å². The molecule has 0 fully saturated rings. The Labute approximate surface area is 151 Å². The molecule has 0 unspecified atom stereocenters. The summed E-state index contributed by atoms with van der Waals surface area (Å²) in [6, 6.07) is 3.47. The normalized spacial score (nSPS) is 10.5. The average Bonchev–Trinajstić information content (AvgIpc) is 2.58.